The van der Waals surface area contributed by atoms with Gasteiger partial charge >= 0.3 is 23.9 Å². The minimum Gasteiger partial charge on any atom is -0.462 e. The van der Waals surface area contributed by atoms with Crippen molar-refractivity contribution in [1.29, 1.82) is 0 Å². The van der Waals surface area contributed by atoms with Crippen LogP contribution in [0.15, 0.2) is 0 Å². The summed E-state index contributed by atoms with van der Waals surface area (Å²) < 4.78 is 24.3. The summed E-state index contributed by atoms with van der Waals surface area (Å²) in [6.07, 6.45) is 21.3. The van der Waals surface area contributed by atoms with Gasteiger partial charge in [0.25, 0.3) is 0 Å². The molecule has 4 unspecified atom stereocenters. The van der Waals surface area contributed by atoms with Crippen molar-refractivity contribution in [3.8, 4) is 0 Å². The Kier molecular flexibility index (Phi) is 21.4. The number of ether oxygens (including phenoxy) is 4. The molecule has 70 heavy (non-hydrogen) atoms. The minimum atomic E-state index is -0.220. The Bertz CT molecular complexity index is 1670. The van der Waals surface area contributed by atoms with E-state index in [1.807, 2.05) is 0 Å². The lowest BCUT2D eigenvalue weighted by atomic mass is 9.71. The monoisotopic (exact) mass is 987 g/mol. The van der Waals surface area contributed by atoms with Crippen LogP contribution < -0.4 is 10.6 Å². The standard InChI is InChI=1S/C58H106N4O8/c1-51(2)35-43(36-52(3,4)59-51)67-47(63)29-25-21-17-18-22-26-30-48(64)68-44-37-53(5,6)60-57(13,41-44)33-34-58(14)42-46(40-56(11,12)62(58)16)70-50(66)32-28-24-20-19-23-27-31-49(65)69-45-38-54(7,8)61(15)55(9,10)39-45/h43-46,59-60H,17-42H2,1-16H3. The van der Waals surface area contributed by atoms with Crippen molar-refractivity contribution in [3.63, 3.8) is 0 Å². The summed E-state index contributed by atoms with van der Waals surface area (Å²) in [5.41, 5.74) is -0.826. The third-order valence-corrected chi connectivity index (χ3v) is 17.0. The number of unbranched alkanes of at least 4 members (excludes halogenated alkanes) is 10. The zero-order valence-electron chi connectivity index (χ0n) is 47.9. The molecule has 0 aromatic carbocycles. The highest BCUT2D eigenvalue weighted by molar-refractivity contribution is 5.70. The van der Waals surface area contributed by atoms with Crippen molar-refractivity contribution < 1.29 is 38.1 Å². The lowest BCUT2D eigenvalue weighted by Crippen LogP contribution is -2.64. The van der Waals surface area contributed by atoms with Crippen LogP contribution in [-0.4, -0.2) is 116 Å². The van der Waals surface area contributed by atoms with Gasteiger partial charge in [0, 0.05) is 121 Å². The largest absolute Gasteiger partial charge is 0.462 e. The number of carbonyl (C=O) groups is 4. The van der Waals surface area contributed by atoms with Gasteiger partial charge in [-0.25, -0.2) is 0 Å². The summed E-state index contributed by atoms with van der Waals surface area (Å²) in [5, 5.41) is 7.59. The molecule has 4 heterocycles. The van der Waals surface area contributed by atoms with E-state index in [0.29, 0.717) is 25.7 Å². The van der Waals surface area contributed by atoms with Crippen LogP contribution in [0, 0.1) is 0 Å². The van der Waals surface area contributed by atoms with Crippen LogP contribution in [0.4, 0.5) is 0 Å². The van der Waals surface area contributed by atoms with Crippen molar-refractivity contribution in [2.75, 3.05) is 14.1 Å². The minimum absolute atomic E-state index is 0.00542. The molecule has 4 rings (SSSR count). The Morgan fingerprint density at radius 1 is 0.371 bits per heavy atom. The number of nitrogens with zero attached hydrogens (tertiary/aromatic N) is 2. The molecule has 0 saturated carbocycles. The highest BCUT2D eigenvalue weighted by Crippen LogP contribution is 2.44. The first-order valence-corrected chi connectivity index (χ1v) is 28.1. The van der Waals surface area contributed by atoms with E-state index in [-0.39, 0.29) is 92.6 Å². The van der Waals surface area contributed by atoms with E-state index >= 15 is 0 Å². The van der Waals surface area contributed by atoms with Crippen LogP contribution in [0.5, 0.6) is 0 Å². The quantitative estimate of drug-likeness (QED) is 0.0512. The van der Waals surface area contributed by atoms with Crippen molar-refractivity contribution in [2.24, 2.45) is 0 Å². The lowest BCUT2D eigenvalue weighted by molar-refractivity contribution is -0.161. The SMILES string of the molecule is CN1C(C)(C)CC(OC(=O)CCCCCCCCC(=O)OC2CC(C)(C)N(C)C(C)(CCC3(C)CC(OC(=O)CCCCCCCCC(=O)OC4CC(C)(C)NC(C)(C)C4)CC(C)(C)N3)C2)CC1(C)C. The fourth-order valence-electron chi connectivity index (χ4n) is 13.5. The van der Waals surface area contributed by atoms with Gasteiger partial charge in [-0.1, -0.05) is 51.4 Å². The molecule has 4 saturated heterocycles. The van der Waals surface area contributed by atoms with E-state index in [1.165, 1.54) is 0 Å². The molecule has 4 atom stereocenters. The zero-order chi connectivity index (χ0) is 52.4. The number of likely N-dealkylation sites (tertiary alicyclic amines) is 2. The predicted molar refractivity (Wildman–Crippen MR) is 283 cm³/mol. The Morgan fingerprint density at radius 3 is 1.03 bits per heavy atom. The van der Waals surface area contributed by atoms with Gasteiger partial charge in [0.15, 0.2) is 0 Å². The molecule has 0 bridgehead atoms. The summed E-state index contributed by atoms with van der Waals surface area (Å²) in [7, 11) is 4.38. The van der Waals surface area contributed by atoms with Gasteiger partial charge in [-0.3, -0.25) is 29.0 Å². The van der Waals surface area contributed by atoms with Crippen molar-refractivity contribution in [3.05, 3.63) is 0 Å². The first kappa shape index (κ1) is 60.3. The average molecular weight is 988 g/mol. The number of rotatable bonds is 25. The molecule has 0 aromatic heterocycles. The van der Waals surface area contributed by atoms with Crippen molar-refractivity contribution in [2.45, 2.75) is 333 Å². The van der Waals surface area contributed by atoms with E-state index in [4.69, 9.17) is 18.9 Å². The zero-order valence-corrected chi connectivity index (χ0v) is 47.9. The van der Waals surface area contributed by atoms with Gasteiger partial charge in [-0.2, -0.15) is 0 Å². The smallest absolute Gasteiger partial charge is 0.306 e. The van der Waals surface area contributed by atoms with E-state index < -0.39 is 0 Å². The summed E-state index contributed by atoms with van der Waals surface area (Å²) in [5.74, 6) is -0.360. The van der Waals surface area contributed by atoms with E-state index in [9.17, 15) is 19.2 Å². The number of piperidine rings is 4. The summed E-state index contributed by atoms with van der Waals surface area (Å²) in [6, 6.07) is 0. The predicted octanol–water partition coefficient (Wildman–Crippen LogP) is 12.1. The van der Waals surface area contributed by atoms with E-state index in [0.717, 1.165) is 141 Å². The van der Waals surface area contributed by atoms with Crippen LogP contribution in [-0.2, 0) is 38.1 Å². The molecule has 2 N–H and O–H groups in total. The maximum Gasteiger partial charge on any atom is 0.306 e. The molecule has 12 heteroatoms. The summed E-state index contributed by atoms with van der Waals surface area (Å²) in [4.78, 5) is 56.5. The van der Waals surface area contributed by atoms with E-state index in [1.54, 1.807) is 0 Å². The van der Waals surface area contributed by atoms with Gasteiger partial charge < -0.3 is 29.6 Å². The third-order valence-electron chi connectivity index (χ3n) is 17.0. The highest BCUT2D eigenvalue weighted by atomic mass is 16.6. The van der Waals surface area contributed by atoms with Crippen molar-refractivity contribution in [1.82, 2.24) is 20.4 Å². The second-order valence-corrected chi connectivity index (χ2v) is 27.3. The summed E-state index contributed by atoms with van der Waals surface area (Å²) >= 11 is 0. The van der Waals surface area contributed by atoms with Gasteiger partial charge in [0.2, 0.25) is 0 Å². The topological polar surface area (TPSA) is 136 Å². The number of hydrogen-bond acceptors (Lipinski definition) is 12. The van der Waals surface area contributed by atoms with Crippen LogP contribution in [0.1, 0.15) is 264 Å². The molecule has 0 spiro atoms. The van der Waals surface area contributed by atoms with Gasteiger partial charge in [0.05, 0.1) is 0 Å². The van der Waals surface area contributed by atoms with E-state index in [2.05, 4.69) is 131 Å². The Morgan fingerprint density at radius 2 is 0.657 bits per heavy atom. The molecule has 406 valence electrons. The Hall–Kier alpha value is -2.28. The lowest BCUT2D eigenvalue weighted by Gasteiger charge is -2.56. The van der Waals surface area contributed by atoms with Crippen LogP contribution in [0.2, 0.25) is 0 Å². The van der Waals surface area contributed by atoms with Gasteiger partial charge in [-0.15, -0.1) is 0 Å². The van der Waals surface area contributed by atoms with Gasteiger partial charge in [-0.05, 0) is 150 Å². The molecular formula is C58H106N4O8. The molecule has 4 aliphatic rings. The highest BCUT2D eigenvalue weighted by Gasteiger charge is 2.50. The molecule has 0 aliphatic carbocycles. The first-order chi connectivity index (χ1) is 32.2. The molecule has 0 amide bonds. The molecule has 0 aromatic rings. The second kappa shape index (κ2) is 24.8. The maximum absolute atomic E-state index is 13.2. The molecule has 4 aliphatic heterocycles. The molecule has 0 radical (unpaired) electrons. The second-order valence-electron chi connectivity index (χ2n) is 27.3. The Balaban J connectivity index is 1.10. The molecule has 4 fully saturated rings. The van der Waals surface area contributed by atoms with Crippen LogP contribution in [0.3, 0.4) is 0 Å². The fraction of sp³-hybridized carbons (Fsp3) is 0.931. The van der Waals surface area contributed by atoms with Crippen LogP contribution >= 0.6 is 0 Å². The number of carbonyl (C=O) groups excluding carboxylic acids is 4. The normalized spacial score (nSPS) is 28.7. The number of hydrogen-bond donors (Lipinski definition) is 2. The summed E-state index contributed by atoms with van der Waals surface area (Å²) in [6.45, 7) is 31.1. The van der Waals surface area contributed by atoms with Crippen molar-refractivity contribution >= 4 is 23.9 Å². The maximum atomic E-state index is 13.2. The molecular weight excluding hydrogens is 881 g/mol. The number of esters is 4. The average Bonchev–Trinajstić information content (AvgIpc) is 3.18. The first-order valence-electron chi connectivity index (χ1n) is 28.1. The van der Waals surface area contributed by atoms with Crippen LogP contribution in [0.25, 0.3) is 0 Å². The third kappa shape index (κ3) is 19.5. The van der Waals surface area contributed by atoms with Gasteiger partial charge in [0.1, 0.15) is 24.4 Å². The Labute approximate surface area is 427 Å². The fourth-order valence-corrected chi connectivity index (χ4v) is 13.5. The number of nitrogens with one attached hydrogen (secondary N) is 2. The molecule has 12 nitrogen and oxygen atoms in total.